The van der Waals surface area contributed by atoms with Crippen LogP contribution in [0.1, 0.15) is 30.7 Å². The molecule has 1 aromatic heterocycles. The molecule has 2 heterocycles. The van der Waals surface area contributed by atoms with Crippen LogP contribution in [0.2, 0.25) is 0 Å². The van der Waals surface area contributed by atoms with Gasteiger partial charge in [0.15, 0.2) is 0 Å². The number of hydrogen-bond acceptors (Lipinski definition) is 2. The Hall–Kier alpha value is -1.35. The van der Waals surface area contributed by atoms with Crippen molar-refractivity contribution in [3.63, 3.8) is 0 Å². The molecule has 0 saturated carbocycles. The molecule has 3 heteroatoms. The van der Waals surface area contributed by atoms with Crippen molar-refractivity contribution in [3.8, 4) is 0 Å². The van der Waals surface area contributed by atoms with E-state index in [1.807, 2.05) is 0 Å². The molecule has 18 heavy (non-hydrogen) atoms. The molecule has 1 aromatic carbocycles. The molecule has 1 atom stereocenters. The molecule has 0 spiro atoms. The minimum absolute atomic E-state index is 0.607. The minimum atomic E-state index is 0.607. The van der Waals surface area contributed by atoms with Gasteiger partial charge in [-0.15, -0.1) is 0 Å². The Morgan fingerprint density at radius 2 is 2.28 bits per heavy atom. The second-order valence-electron chi connectivity index (χ2n) is 5.43. The largest absolute Gasteiger partial charge is 0.331 e. The fraction of sp³-hybridized carbons (Fsp3) is 0.533. The zero-order valence-corrected chi connectivity index (χ0v) is 11.2. The molecule has 2 aromatic rings. The normalized spacial score (nSPS) is 20.4. The van der Waals surface area contributed by atoms with Crippen molar-refractivity contribution in [1.29, 1.82) is 0 Å². The standard InChI is InChI=1S/C15H21N3/c1-11-6-7-14-13(9-11)17-15(18(14)2)10-12-5-3-4-8-16-12/h6-7,9,12,16H,3-5,8,10H2,1-2H3. The second kappa shape index (κ2) is 4.73. The number of imidazole rings is 1. The minimum Gasteiger partial charge on any atom is -0.331 e. The number of hydrogen-bond donors (Lipinski definition) is 1. The van der Waals surface area contributed by atoms with E-state index in [-0.39, 0.29) is 0 Å². The topological polar surface area (TPSA) is 29.9 Å². The summed E-state index contributed by atoms with van der Waals surface area (Å²) in [6, 6.07) is 7.12. The lowest BCUT2D eigenvalue weighted by Crippen LogP contribution is -2.36. The lowest BCUT2D eigenvalue weighted by molar-refractivity contribution is 0.392. The van der Waals surface area contributed by atoms with Crippen molar-refractivity contribution < 1.29 is 0 Å². The number of fused-ring (bicyclic) bond motifs is 1. The van der Waals surface area contributed by atoms with Crippen molar-refractivity contribution >= 4 is 11.0 Å². The second-order valence-corrected chi connectivity index (χ2v) is 5.43. The fourth-order valence-corrected chi connectivity index (χ4v) is 2.86. The predicted molar refractivity (Wildman–Crippen MR) is 74.8 cm³/mol. The van der Waals surface area contributed by atoms with Crippen LogP contribution in [0, 0.1) is 6.92 Å². The molecule has 1 aliphatic rings. The Bertz CT molecular complexity index is 550. The number of nitrogens with one attached hydrogen (secondary N) is 1. The summed E-state index contributed by atoms with van der Waals surface area (Å²) in [6.45, 7) is 3.28. The van der Waals surface area contributed by atoms with Crippen LogP contribution in [0.15, 0.2) is 18.2 Å². The highest BCUT2D eigenvalue weighted by Crippen LogP contribution is 2.19. The molecule has 3 nitrogen and oxygen atoms in total. The molecule has 1 aliphatic heterocycles. The van der Waals surface area contributed by atoms with E-state index < -0.39 is 0 Å². The third kappa shape index (κ3) is 2.15. The molecule has 0 bridgehead atoms. The van der Waals surface area contributed by atoms with Gasteiger partial charge in [0.25, 0.3) is 0 Å². The first-order valence-corrected chi connectivity index (χ1v) is 6.89. The monoisotopic (exact) mass is 243 g/mol. The van der Waals surface area contributed by atoms with Crippen LogP contribution in [0.25, 0.3) is 11.0 Å². The molecule has 1 unspecified atom stereocenters. The van der Waals surface area contributed by atoms with Crippen LogP contribution < -0.4 is 5.32 Å². The molecule has 0 radical (unpaired) electrons. The smallest absolute Gasteiger partial charge is 0.111 e. The van der Waals surface area contributed by atoms with Gasteiger partial charge in [-0.05, 0) is 44.0 Å². The highest BCUT2D eigenvalue weighted by Gasteiger charge is 2.16. The van der Waals surface area contributed by atoms with Gasteiger partial charge in [-0.1, -0.05) is 12.5 Å². The summed E-state index contributed by atoms with van der Waals surface area (Å²) >= 11 is 0. The van der Waals surface area contributed by atoms with Crippen LogP contribution in [0.4, 0.5) is 0 Å². The van der Waals surface area contributed by atoms with Crippen molar-refractivity contribution in [2.24, 2.45) is 7.05 Å². The first-order chi connectivity index (χ1) is 8.74. The van der Waals surface area contributed by atoms with Crippen molar-refractivity contribution in [2.75, 3.05) is 6.54 Å². The quantitative estimate of drug-likeness (QED) is 0.878. The molecular weight excluding hydrogens is 222 g/mol. The summed E-state index contributed by atoms with van der Waals surface area (Å²) in [5.74, 6) is 1.20. The SMILES string of the molecule is Cc1ccc2c(c1)nc(CC1CCCCN1)n2C. The van der Waals surface area contributed by atoms with E-state index in [4.69, 9.17) is 4.98 Å². The maximum Gasteiger partial charge on any atom is 0.111 e. The summed E-state index contributed by atoms with van der Waals surface area (Å²) in [6.07, 6.45) is 4.99. The summed E-state index contributed by atoms with van der Waals surface area (Å²) in [7, 11) is 2.13. The average molecular weight is 243 g/mol. The van der Waals surface area contributed by atoms with Gasteiger partial charge in [-0.25, -0.2) is 4.98 Å². The van der Waals surface area contributed by atoms with Crippen LogP contribution in [0.5, 0.6) is 0 Å². The van der Waals surface area contributed by atoms with E-state index in [9.17, 15) is 0 Å². The molecule has 3 rings (SSSR count). The van der Waals surface area contributed by atoms with Crippen LogP contribution in [-0.2, 0) is 13.5 Å². The number of aryl methyl sites for hydroxylation is 2. The van der Waals surface area contributed by atoms with Gasteiger partial charge in [-0.2, -0.15) is 0 Å². The van der Waals surface area contributed by atoms with Crippen molar-refractivity contribution in [2.45, 2.75) is 38.6 Å². The highest BCUT2D eigenvalue weighted by molar-refractivity contribution is 5.76. The number of benzene rings is 1. The van der Waals surface area contributed by atoms with E-state index >= 15 is 0 Å². The van der Waals surface area contributed by atoms with Gasteiger partial charge < -0.3 is 9.88 Å². The van der Waals surface area contributed by atoms with E-state index in [2.05, 4.69) is 42.1 Å². The van der Waals surface area contributed by atoms with Gasteiger partial charge >= 0.3 is 0 Å². The van der Waals surface area contributed by atoms with E-state index in [1.165, 1.54) is 36.2 Å². The third-order valence-corrected chi connectivity index (χ3v) is 3.97. The Balaban J connectivity index is 1.89. The van der Waals surface area contributed by atoms with Crippen LogP contribution in [0.3, 0.4) is 0 Å². The zero-order valence-electron chi connectivity index (χ0n) is 11.2. The number of rotatable bonds is 2. The molecular formula is C15H21N3. The molecule has 1 fully saturated rings. The van der Waals surface area contributed by atoms with E-state index in [1.54, 1.807) is 0 Å². The van der Waals surface area contributed by atoms with Gasteiger partial charge in [0.1, 0.15) is 5.82 Å². The zero-order chi connectivity index (χ0) is 12.5. The summed E-state index contributed by atoms with van der Waals surface area (Å²) in [5.41, 5.74) is 3.65. The number of piperidine rings is 1. The average Bonchev–Trinajstić information content (AvgIpc) is 2.67. The molecule has 0 aliphatic carbocycles. The summed E-state index contributed by atoms with van der Waals surface area (Å²) < 4.78 is 2.24. The lowest BCUT2D eigenvalue weighted by atomic mass is 10.0. The van der Waals surface area contributed by atoms with E-state index in [0.717, 1.165) is 18.5 Å². The first kappa shape index (κ1) is 11.7. The van der Waals surface area contributed by atoms with E-state index in [0.29, 0.717) is 6.04 Å². The maximum atomic E-state index is 4.79. The van der Waals surface area contributed by atoms with Gasteiger partial charge in [0.2, 0.25) is 0 Å². The molecule has 1 saturated heterocycles. The van der Waals surface area contributed by atoms with Gasteiger partial charge in [0, 0.05) is 19.5 Å². The number of nitrogens with zero attached hydrogens (tertiary/aromatic N) is 2. The van der Waals surface area contributed by atoms with Crippen LogP contribution in [-0.4, -0.2) is 22.1 Å². The summed E-state index contributed by atoms with van der Waals surface area (Å²) in [5, 5.41) is 3.60. The Morgan fingerprint density at radius 1 is 1.39 bits per heavy atom. The van der Waals surface area contributed by atoms with Gasteiger partial charge in [-0.3, -0.25) is 0 Å². The number of aromatic nitrogens is 2. The third-order valence-electron chi connectivity index (χ3n) is 3.97. The molecule has 1 N–H and O–H groups in total. The summed E-state index contributed by atoms with van der Waals surface area (Å²) in [4.78, 5) is 4.79. The Kier molecular flexibility index (Phi) is 3.08. The fourth-order valence-electron chi connectivity index (χ4n) is 2.86. The Labute approximate surface area is 108 Å². The first-order valence-electron chi connectivity index (χ1n) is 6.89. The maximum absolute atomic E-state index is 4.79. The lowest BCUT2D eigenvalue weighted by Gasteiger charge is -2.22. The predicted octanol–water partition coefficient (Wildman–Crippen LogP) is 2.57. The molecule has 0 amide bonds. The Morgan fingerprint density at radius 3 is 3.06 bits per heavy atom. The van der Waals surface area contributed by atoms with Crippen molar-refractivity contribution in [1.82, 2.24) is 14.9 Å². The van der Waals surface area contributed by atoms with Gasteiger partial charge in [0.05, 0.1) is 11.0 Å². The van der Waals surface area contributed by atoms with Crippen LogP contribution >= 0.6 is 0 Å². The van der Waals surface area contributed by atoms with Crippen molar-refractivity contribution in [3.05, 3.63) is 29.6 Å². The molecule has 96 valence electrons. The highest BCUT2D eigenvalue weighted by atomic mass is 15.1.